The zero-order valence-corrected chi connectivity index (χ0v) is 39.4. The predicted molar refractivity (Wildman–Crippen MR) is 257 cm³/mol. The number of ether oxygens (including phenoxy) is 6. The van der Waals surface area contributed by atoms with Crippen molar-refractivity contribution in [3.8, 4) is 11.5 Å². The van der Waals surface area contributed by atoms with Crippen molar-refractivity contribution in [2.24, 2.45) is 22.9 Å². The third-order valence-corrected chi connectivity index (χ3v) is 13.3. The summed E-state index contributed by atoms with van der Waals surface area (Å²) in [5.74, 6) is -1.15. The molecule has 374 valence electrons. The number of allylic oxidation sites excluding steroid dienone is 1. The second-order valence-electron chi connectivity index (χ2n) is 17.8. The van der Waals surface area contributed by atoms with Gasteiger partial charge in [0.05, 0.1) is 56.2 Å². The first-order valence-corrected chi connectivity index (χ1v) is 24.3. The number of carbonyl (C=O) groups is 1. The average molecular weight is 957 g/mol. The van der Waals surface area contributed by atoms with Crippen LogP contribution in [0.1, 0.15) is 67.6 Å². The molecule has 3 aromatic carbocycles. The molecule has 0 spiro atoms. The van der Waals surface area contributed by atoms with Crippen molar-refractivity contribution >= 4 is 17.5 Å². The van der Waals surface area contributed by atoms with Crippen molar-refractivity contribution < 1.29 is 58.3 Å². The lowest BCUT2D eigenvalue weighted by Crippen LogP contribution is -2.70. The van der Waals surface area contributed by atoms with E-state index in [1.165, 1.54) is 12.1 Å². The van der Waals surface area contributed by atoms with E-state index in [1.807, 2.05) is 42.5 Å². The zero-order chi connectivity index (χ0) is 48.4. The van der Waals surface area contributed by atoms with Crippen molar-refractivity contribution in [1.29, 1.82) is 0 Å². The molecule has 4 aliphatic rings. The van der Waals surface area contributed by atoms with Gasteiger partial charge in [-0.15, -0.1) is 6.58 Å². The van der Waals surface area contributed by atoms with E-state index in [9.17, 15) is 30.2 Å². The molecule has 1 saturated heterocycles. The number of hydrogen-bond acceptors (Lipinski definition) is 15. The van der Waals surface area contributed by atoms with Crippen LogP contribution in [0.5, 0.6) is 11.5 Å². The SMILES string of the molecule is C=CCOC12Oc3ccc(OCCN4CC4)cc3C3C(CCCCO)C(CCCCO)C=C(C(=NOCc4ccc([N+](=O)[O-])cc4)CC1N(CCOCCO)C(=O)OCCOCc1ccccc1)C32. The fourth-order valence-electron chi connectivity index (χ4n) is 9.96. The first-order chi connectivity index (χ1) is 33.8. The first-order valence-electron chi connectivity index (χ1n) is 24.3. The standard InChI is InChI=1S/C52H68N4O13/c1-2-27-67-52-48(55(23-28-63-30-26-59)51(60)66-32-31-64-36-38-10-4-3-5-11-38)35-46(53-68-37-39-14-16-41(17-15-39)56(61)62)44-33-40(12-6-8-24-57)43(13-7-9-25-58)49(50(44)52)45-34-42(18-19-47(45)69-52)65-29-22-54-20-21-54/h2-5,10-11,14-19,33-34,40,43,48-50,57-59H,1,6-9,12-13,20-32,35-37H2. The van der Waals surface area contributed by atoms with E-state index in [0.717, 1.165) is 62.0 Å². The molecule has 7 rings (SSSR count). The number of nitro benzene ring substituents is 1. The number of benzene rings is 3. The predicted octanol–water partition coefficient (Wildman–Crippen LogP) is 6.79. The Balaban J connectivity index is 1.33. The molecule has 1 saturated carbocycles. The molecule has 1 amide bonds. The molecule has 2 aliphatic heterocycles. The van der Waals surface area contributed by atoms with Crippen LogP contribution in [-0.4, -0.2) is 139 Å². The second-order valence-corrected chi connectivity index (χ2v) is 17.8. The maximum absolute atomic E-state index is 14.8. The van der Waals surface area contributed by atoms with Gasteiger partial charge in [0.25, 0.3) is 5.69 Å². The van der Waals surface area contributed by atoms with E-state index < -0.39 is 28.8 Å². The number of oxime groups is 1. The lowest BCUT2D eigenvalue weighted by molar-refractivity contribution is -0.384. The molecule has 17 heteroatoms. The Morgan fingerprint density at radius 3 is 2.39 bits per heavy atom. The highest BCUT2D eigenvalue weighted by molar-refractivity contribution is 6.03. The van der Waals surface area contributed by atoms with Gasteiger partial charge in [-0.1, -0.05) is 60.5 Å². The summed E-state index contributed by atoms with van der Waals surface area (Å²) in [5, 5.41) is 45.9. The van der Waals surface area contributed by atoms with Gasteiger partial charge in [-0.05, 0) is 84.6 Å². The minimum absolute atomic E-state index is 0.00190. The number of hydrogen-bond donors (Lipinski definition) is 3. The molecule has 0 bridgehead atoms. The summed E-state index contributed by atoms with van der Waals surface area (Å²) in [4.78, 5) is 35.7. The maximum Gasteiger partial charge on any atom is 0.410 e. The van der Waals surface area contributed by atoms with Gasteiger partial charge in [0.1, 0.15) is 37.4 Å². The number of amides is 1. The molecular weight excluding hydrogens is 889 g/mol. The fraction of sp³-hybridized carbons (Fsp3) is 0.538. The van der Waals surface area contributed by atoms with Gasteiger partial charge in [-0.3, -0.25) is 19.9 Å². The molecule has 6 atom stereocenters. The van der Waals surface area contributed by atoms with E-state index in [4.69, 9.17) is 38.4 Å². The highest BCUT2D eigenvalue weighted by Gasteiger charge is 2.65. The van der Waals surface area contributed by atoms with Crippen LogP contribution in [0.2, 0.25) is 0 Å². The van der Waals surface area contributed by atoms with Gasteiger partial charge in [-0.2, -0.15) is 0 Å². The van der Waals surface area contributed by atoms with Crippen molar-refractivity contribution in [1.82, 2.24) is 9.80 Å². The first kappa shape index (κ1) is 51.5. The summed E-state index contributed by atoms with van der Waals surface area (Å²) >= 11 is 0. The largest absolute Gasteiger partial charge is 0.492 e. The molecule has 3 aromatic rings. The van der Waals surface area contributed by atoms with Gasteiger partial charge >= 0.3 is 6.09 Å². The van der Waals surface area contributed by atoms with Gasteiger partial charge in [0.15, 0.2) is 0 Å². The third kappa shape index (κ3) is 13.5. The van der Waals surface area contributed by atoms with E-state index in [0.29, 0.717) is 48.8 Å². The Morgan fingerprint density at radius 1 is 0.899 bits per heavy atom. The Bertz CT molecular complexity index is 2170. The summed E-state index contributed by atoms with van der Waals surface area (Å²) in [6, 6.07) is 20.8. The van der Waals surface area contributed by atoms with Crippen LogP contribution >= 0.6 is 0 Å². The number of aliphatic hydroxyl groups is 3. The van der Waals surface area contributed by atoms with Crippen molar-refractivity contribution in [2.45, 2.75) is 75.9 Å². The van der Waals surface area contributed by atoms with Crippen LogP contribution in [0, 0.1) is 27.9 Å². The summed E-state index contributed by atoms with van der Waals surface area (Å²) < 4.78 is 38.5. The summed E-state index contributed by atoms with van der Waals surface area (Å²) in [6.45, 7) is 8.04. The number of nitro groups is 1. The van der Waals surface area contributed by atoms with Crippen LogP contribution in [0.25, 0.3) is 0 Å². The van der Waals surface area contributed by atoms with Crippen molar-refractivity contribution in [3.63, 3.8) is 0 Å². The van der Waals surface area contributed by atoms with Crippen LogP contribution in [0.15, 0.2) is 102 Å². The van der Waals surface area contributed by atoms with Crippen molar-refractivity contribution in [2.75, 3.05) is 85.6 Å². The summed E-state index contributed by atoms with van der Waals surface area (Å²) in [5.41, 5.74) is 3.95. The molecule has 0 radical (unpaired) electrons. The van der Waals surface area contributed by atoms with Crippen LogP contribution in [0.3, 0.4) is 0 Å². The van der Waals surface area contributed by atoms with Crippen LogP contribution in [-0.2, 0) is 37.0 Å². The number of non-ortho nitro benzene ring substituents is 1. The Morgan fingerprint density at radius 2 is 1.67 bits per heavy atom. The number of aliphatic hydroxyl groups excluding tert-OH is 3. The molecule has 2 fully saturated rings. The monoisotopic (exact) mass is 956 g/mol. The molecule has 17 nitrogen and oxygen atoms in total. The Hall–Kier alpha value is -5.40. The minimum atomic E-state index is -1.55. The van der Waals surface area contributed by atoms with E-state index in [1.54, 1.807) is 23.1 Å². The summed E-state index contributed by atoms with van der Waals surface area (Å²) in [6.07, 6.45) is 7.65. The molecule has 2 heterocycles. The molecule has 6 unspecified atom stereocenters. The summed E-state index contributed by atoms with van der Waals surface area (Å²) in [7, 11) is 0. The number of fused-ring (bicyclic) bond motifs is 2. The van der Waals surface area contributed by atoms with Gasteiger partial charge in [-0.25, -0.2) is 4.79 Å². The minimum Gasteiger partial charge on any atom is -0.492 e. The zero-order valence-electron chi connectivity index (χ0n) is 39.4. The number of carbonyl (C=O) groups excluding carboxylic acids is 1. The van der Waals surface area contributed by atoms with Gasteiger partial charge in [0, 0.05) is 69.4 Å². The molecule has 3 N–H and O–H groups in total. The van der Waals surface area contributed by atoms with Crippen molar-refractivity contribution in [3.05, 3.63) is 124 Å². The van der Waals surface area contributed by atoms with E-state index in [-0.39, 0.29) is 95.9 Å². The number of nitrogens with zero attached hydrogens (tertiary/aromatic N) is 4. The van der Waals surface area contributed by atoms with E-state index in [2.05, 4.69) is 23.6 Å². The lowest BCUT2D eigenvalue weighted by Gasteiger charge is -2.59. The quantitative estimate of drug-likeness (QED) is 0.0207. The second kappa shape index (κ2) is 26.0. The van der Waals surface area contributed by atoms with E-state index >= 15 is 0 Å². The Kier molecular flexibility index (Phi) is 19.4. The lowest BCUT2D eigenvalue weighted by atomic mass is 9.55. The highest BCUT2D eigenvalue weighted by Crippen LogP contribution is 2.62. The third-order valence-electron chi connectivity index (χ3n) is 13.3. The fourth-order valence-corrected chi connectivity index (χ4v) is 9.96. The smallest absolute Gasteiger partial charge is 0.410 e. The highest BCUT2D eigenvalue weighted by atomic mass is 16.7. The Labute approximate surface area is 404 Å². The van der Waals surface area contributed by atoms with Crippen LogP contribution in [0.4, 0.5) is 10.5 Å². The normalized spacial score (nSPS) is 23.0. The molecule has 0 aromatic heterocycles. The van der Waals surface area contributed by atoms with Gasteiger partial charge in [0.2, 0.25) is 5.79 Å². The number of rotatable bonds is 30. The topological polar surface area (TPSA) is 204 Å². The molecule has 69 heavy (non-hydrogen) atoms. The molecular formula is C52H68N4O13. The maximum atomic E-state index is 14.8. The average Bonchev–Trinajstić information content (AvgIpc) is 4.20. The van der Waals surface area contributed by atoms with Crippen LogP contribution < -0.4 is 9.47 Å². The molecule has 2 aliphatic carbocycles. The van der Waals surface area contributed by atoms with Gasteiger partial charge < -0.3 is 48.6 Å². The number of unbranched alkanes of at least 4 members (excludes halogenated alkanes) is 2.